The fraction of sp³-hybridized carbons (Fsp3) is 0.923. The lowest BCUT2D eigenvalue weighted by Gasteiger charge is -2.32. The van der Waals surface area contributed by atoms with E-state index in [1.54, 1.807) is 7.11 Å². The third-order valence-electron chi connectivity index (χ3n) is 3.71. The van der Waals surface area contributed by atoms with Crippen LogP contribution in [-0.2, 0) is 9.53 Å². The first-order valence-electron chi connectivity index (χ1n) is 6.74. The van der Waals surface area contributed by atoms with Gasteiger partial charge < -0.3 is 15.4 Å². The number of thioether (sulfide) groups is 1. The maximum absolute atomic E-state index is 12.5. The molecule has 2 N–H and O–H groups in total. The monoisotopic (exact) mass is 274 g/mol. The molecule has 1 heterocycles. The van der Waals surface area contributed by atoms with E-state index in [4.69, 9.17) is 10.5 Å². The van der Waals surface area contributed by atoms with Crippen LogP contribution < -0.4 is 5.73 Å². The minimum Gasteiger partial charge on any atom is -0.383 e. The molecule has 0 bridgehead atoms. The Morgan fingerprint density at radius 2 is 2.33 bits per heavy atom. The van der Waals surface area contributed by atoms with Crippen LogP contribution in [0.5, 0.6) is 0 Å². The summed E-state index contributed by atoms with van der Waals surface area (Å²) in [7, 11) is 1.67. The van der Waals surface area contributed by atoms with Gasteiger partial charge in [0.1, 0.15) is 0 Å². The van der Waals surface area contributed by atoms with E-state index in [2.05, 4.69) is 6.92 Å². The first-order chi connectivity index (χ1) is 8.61. The zero-order valence-electron chi connectivity index (χ0n) is 11.7. The van der Waals surface area contributed by atoms with E-state index in [1.165, 1.54) is 0 Å². The van der Waals surface area contributed by atoms with Gasteiger partial charge in [-0.05, 0) is 18.1 Å². The lowest BCUT2D eigenvalue weighted by atomic mass is 9.98. The quantitative estimate of drug-likeness (QED) is 0.761. The molecule has 0 aromatic heterocycles. The third kappa shape index (κ3) is 4.14. The smallest absolute Gasteiger partial charge is 0.240 e. The van der Waals surface area contributed by atoms with Gasteiger partial charge in [-0.3, -0.25) is 4.79 Å². The standard InChI is InChI=1S/C13H26N2O2S/c1-4-10(2)12(14)13(16)15(6-7-17-3)11-5-8-18-9-11/h10-12H,4-9,14H2,1-3H3/t10-,11?,12-/m0/s1. The zero-order chi connectivity index (χ0) is 13.5. The minimum absolute atomic E-state index is 0.0916. The van der Waals surface area contributed by atoms with Crippen molar-refractivity contribution in [3.05, 3.63) is 0 Å². The molecule has 0 aliphatic carbocycles. The van der Waals surface area contributed by atoms with Gasteiger partial charge >= 0.3 is 0 Å². The summed E-state index contributed by atoms with van der Waals surface area (Å²) in [6.07, 6.45) is 2.01. The van der Waals surface area contributed by atoms with Gasteiger partial charge in [-0.25, -0.2) is 0 Å². The van der Waals surface area contributed by atoms with Crippen molar-refractivity contribution in [2.45, 2.75) is 38.8 Å². The molecule has 1 rings (SSSR count). The molecule has 0 aromatic rings. The van der Waals surface area contributed by atoms with Gasteiger partial charge in [0, 0.05) is 25.4 Å². The van der Waals surface area contributed by atoms with Gasteiger partial charge in [0.2, 0.25) is 5.91 Å². The summed E-state index contributed by atoms with van der Waals surface area (Å²) >= 11 is 1.91. The van der Waals surface area contributed by atoms with E-state index in [0.717, 1.165) is 24.3 Å². The number of nitrogens with two attached hydrogens (primary N) is 1. The van der Waals surface area contributed by atoms with Crippen LogP contribution in [0.15, 0.2) is 0 Å². The molecule has 1 aliphatic rings. The number of hydrogen-bond donors (Lipinski definition) is 1. The minimum atomic E-state index is -0.377. The highest BCUT2D eigenvalue weighted by atomic mass is 32.2. The SMILES string of the molecule is CC[C@H](C)[C@H](N)C(=O)N(CCOC)C1CCSC1. The molecule has 1 unspecified atom stereocenters. The van der Waals surface area contributed by atoms with Crippen LogP contribution in [-0.4, -0.2) is 54.7 Å². The van der Waals surface area contributed by atoms with Crippen LogP contribution in [0, 0.1) is 5.92 Å². The lowest BCUT2D eigenvalue weighted by Crippen LogP contribution is -2.52. The van der Waals surface area contributed by atoms with Gasteiger partial charge in [-0.1, -0.05) is 20.3 Å². The lowest BCUT2D eigenvalue weighted by molar-refractivity contribution is -0.136. The number of carbonyl (C=O) groups is 1. The van der Waals surface area contributed by atoms with Crippen LogP contribution in [0.2, 0.25) is 0 Å². The van der Waals surface area contributed by atoms with Crippen molar-refractivity contribution in [3.63, 3.8) is 0 Å². The van der Waals surface area contributed by atoms with Gasteiger partial charge in [-0.2, -0.15) is 11.8 Å². The van der Waals surface area contributed by atoms with Gasteiger partial charge in [-0.15, -0.1) is 0 Å². The van der Waals surface area contributed by atoms with Crippen LogP contribution >= 0.6 is 11.8 Å². The summed E-state index contributed by atoms with van der Waals surface area (Å²) in [6, 6.07) is -0.0368. The van der Waals surface area contributed by atoms with Crippen LogP contribution in [0.3, 0.4) is 0 Å². The highest BCUT2D eigenvalue weighted by molar-refractivity contribution is 7.99. The second-order valence-corrected chi connectivity index (χ2v) is 6.10. The fourth-order valence-corrected chi connectivity index (χ4v) is 3.34. The Kier molecular flexibility index (Phi) is 7.04. The summed E-state index contributed by atoms with van der Waals surface area (Å²) < 4.78 is 5.11. The largest absolute Gasteiger partial charge is 0.383 e. The van der Waals surface area contributed by atoms with Crippen LogP contribution in [0.1, 0.15) is 26.7 Å². The number of ether oxygens (including phenoxy) is 1. The molecule has 0 radical (unpaired) electrons. The van der Waals surface area contributed by atoms with E-state index < -0.39 is 0 Å². The normalized spacial score (nSPS) is 22.8. The summed E-state index contributed by atoms with van der Waals surface area (Å²) in [5.41, 5.74) is 6.07. The van der Waals surface area contributed by atoms with Gasteiger partial charge in [0.25, 0.3) is 0 Å². The second-order valence-electron chi connectivity index (χ2n) is 4.95. The van der Waals surface area contributed by atoms with Gasteiger partial charge in [0.15, 0.2) is 0 Å². The molecule has 0 saturated carbocycles. The summed E-state index contributed by atoms with van der Waals surface area (Å²) in [5, 5.41) is 0. The number of hydrogen-bond acceptors (Lipinski definition) is 4. The van der Waals surface area contributed by atoms with E-state index in [1.807, 2.05) is 23.6 Å². The molecule has 0 spiro atoms. The Balaban J connectivity index is 2.65. The third-order valence-corrected chi connectivity index (χ3v) is 4.85. The van der Waals surface area contributed by atoms with E-state index in [-0.39, 0.29) is 17.9 Å². The number of nitrogens with zero attached hydrogens (tertiary/aromatic N) is 1. The number of methoxy groups -OCH3 is 1. The fourth-order valence-electron chi connectivity index (χ4n) is 2.12. The van der Waals surface area contributed by atoms with Crippen molar-refractivity contribution < 1.29 is 9.53 Å². The topological polar surface area (TPSA) is 55.6 Å². The first-order valence-corrected chi connectivity index (χ1v) is 7.90. The van der Waals surface area contributed by atoms with Crippen molar-refractivity contribution in [1.29, 1.82) is 0 Å². The highest BCUT2D eigenvalue weighted by Gasteiger charge is 2.31. The molecule has 4 nitrogen and oxygen atoms in total. The average molecular weight is 274 g/mol. The Hall–Kier alpha value is -0.260. The Morgan fingerprint density at radius 1 is 1.61 bits per heavy atom. The Labute approximate surface area is 115 Å². The Morgan fingerprint density at radius 3 is 2.83 bits per heavy atom. The predicted molar refractivity (Wildman–Crippen MR) is 76.7 cm³/mol. The molecule has 5 heteroatoms. The maximum Gasteiger partial charge on any atom is 0.240 e. The summed E-state index contributed by atoms with van der Waals surface area (Å²) in [5.74, 6) is 2.49. The van der Waals surface area contributed by atoms with Crippen molar-refractivity contribution >= 4 is 17.7 Å². The predicted octanol–water partition coefficient (Wildman–Crippen LogP) is 1.34. The van der Waals surface area contributed by atoms with Crippen LogP contribution in [0.25, 0.3) is 0 Å². The van der Waals surface area contributed by atoms with Gasteiger partial charge in [0.05, 0.1) is 12.6 Å². The number of carbonyl (C=O) groups excluding carboxylic acids is 1. The molecule has 1 aliphatic heterocycles. The molecular weight excluding hydrogens is 248 g/mol. The van der Waals surface area contributed by atoms with Crippen molar-refractivity contribution in [3.8, 4) is 0 Å². The summed E-state index contributed by atoms with van der Waals surface area (Å²) in [4.78, 5) is 14.4. The van der Waals surface area contributed by atoms with Crippen molar-refractivity contribution in [2.75, 3.05) is 31.8 Å². The first kappa shape index (κ1) is 15.8. The molecule has 106 valence electrons. The molecule has 1 saturated heterocycles. The number of amides is 1. The number of rotatable bonds is 7. The highest BCUT2D eigenvalue weighted by Crippen LogP contribution is 2.23. The van der Waals surface area contributed by atoms with E-state index >= 15 is 0 Å². The zero-order valence-corrected chi connectivity index (χ0v) is 12.5. The molecule has 1 fully saturated rings. The van der Waals surface area contributed by atoms with Crippen molar-refractivity contribution in [2.24, 2.45) is 11.7 Å². The van der Waals surface area contributed by atoms with E-state index in [9.17, 15) is 4.79 Å². The molecule has 3 atom stereocenters. The van der Waals surface area contributed by atoms with Crippen molar-refractivity contribution in [1.82, 2.24) is 4.90 Å². The van der Waals surface area contributed by atoms with E-state index in [0.29, 0.717) is 19.2 Å². The molecule has 18 heavy (non-hydrogen) atoms. The molecule has 1 amide bonds. The van der Waals surface area contributed by atoms with Crippen LogP contribution in [0.4, 0.5) is 0 Å². The summed E-state index contributed by atoms with van der Waals surface area (Å²) in [6.45, 7) is 5.36. The Bertz CT molecular complexity index is 257. The molecule has 0 aromatic carbocycles. The maximum atomic E-state index is 12.5. The molecular formula is C13H26N2O2S. The second kappa shape index (κ2) is 8.02. The average Bonchev–Trinajstić information content (AvgIpc) is 2.91.